The highest BCUT2D eigenvalue weighted by Crippen LogP contribution is 2.37. The number of aryl methyl sites for hydroxylation is 1. The highest BCUT2D eigenvalue weighted by atomic mass is 32.2. The zero-order valence-electron chi connectivity index (χ0n) is 18.8. The van der Waals surface area contributed by atoms with Crippen LogP contribution in [0.1, 0.15) is 47.9 Å². The lowest BCUT2D eigenvalue weighted by molar-refractivity contribution is 0.198. The lowest BCUT2D eigenvalue weighted by Crippen LogP contribution is -2.26. The van der Waals surface area contributed by atoms with E-state index in [9.17, 15) is 8.60 Å². The number of nitrogens with one attached hydrogen (secondary N) is 1. The van der Waals surface area contributed by atoms with E-state index in [-0.39, 0.29) is 18.6 Å². The molecule has 0 spiro atoms. The fourth-order valence-corrected chi connectivity index (χ4v) is 5.26. The number of allylic oxidation sites excluding steroid dienone is 1. The average Bonchev–Trinajstić information content (AvgIpc) is 3.44. The van der Waals surface area contributed by atoms with Crippen molar-refractivity contribution >= 4 is 22.7 Å². The number of fused-ring (bicyclic) bond motifs is 1. The van der Waals surface area contributed by atoms with Crippen LogP contribution >= 0.6 is 0 Å². The van der Waals surface area contributed by atoms with E-state index in [0.717, 1.165) is 60.5 Å². The summed E-state index contributed by atoms with van der Waals surface area (Å²) in [7, 11) is 0. The minimum absolute atomic E-state index is 0.0869. The molecule has 9 heteroatoms. The Labute approximate surface area is 200 Å². The number of benzene rings is 2. The molecule has 1 saturated heterocycles. The van der Waals surface area contributed by atoms with Crippen LogP contribution in [0.4, 0.5) is 8.78 Å². The molecule has 1 N–H and O–H groups in total. The summed E-state index contributed by atoms with van der Waals surface area (Å²) in [5.41, 5.74) is 6.61. The second kappa shape index (κ2) is 10.3. The Morgan fingerprint density at radius 3 is 2.76 bits per heavy atom. The van der Waals surface area contributed by atoms with Crippen LogP contribution < -0.4 is 10.2 Å². The molecule has 180 valence electrons. The first-order valence-corrected chi connectivity index (χ1v) is 12.7. The molecule has 2 aliphatic heterocycles. The van der Waals surface area contributed by atoms with Crippen LogP contribution in [0, 0.1) is 0 Å². The Balaban J connectivity index is 1.34. The van der Waals surface area contributed by atoms with Gasteiger partial charge in [0, 0.05) is 37.2 Å². The maximum atomic E-state index is 15.2. The number of ether oxygens (including phenoxy) is 1. The van der Waals surface area contributed by atoms with E-state index >= 15 is 4.39 Å². The highest BCUT2D eigenvalue weighted by molar-refractivity contribution is 7.79. The average molecular weight is 488 g/mol. The van der Waals surface area contributed by atoms with Gasteiger partial charge in [0.25, 0.3) is 0 Å². The van der Waals surface area contributed by atoms with Gasteiger partial charge in [-0.1, -0.05) is 24.3 Å². The summed E-state index contributed by atoms with van der Waals surface area (Å²) in [6.07, 6.45) is 3.38. The lowest BCUT2D eigenvalue weighted by Gasteiger charge is -2.17. The molecule has 2 heterocycles. The van der Waals surface area contributed by atoms with E-state index in [1.165, 1.54) is 0 Å². The summed E-state index contributed by atoms with van der Waals surface area (Å²) in [6.45, 7) is 2.19. The molecule has 0 saturated carbocycles. The molecule has 1 aliphatic carbocycles. The molecule has 3 aliphatic rings. The molecule has 0 amide bonds. The Kier molecular flexibility index (Phi) is 7.03. The first kappa shape index (κ1) is 23.1. The van der Waals surface area contributed by atoms with E-state index in [1.54, 1.807) is 0 Å². The third kappa shape index (κ3) is 5.06. The Morgan fingerprint density at radius 2 is 2.00 bits per heavy atom. The number of hydrogen-bond acceptors (Lipinski definition) is 5. The van der Waals surface area contributed by atoms with Crippen LogP contribution in [-0.2, 0) is 22.0 Å². The number of alkyl halides is 1. The number of hydrogen-bond donors (Lipinski definition) is 1. The first-order chi connectivity index (χ1) is 16.6. The minimum Gasteiger partial charge on any atom is -0.489 e. The van der Waals surface area contributed by atoms with Gasteiger partial charge in [0.15, 0.2) is 5.84 Å². The standard InChI is InChI=1S/C25H27F2N3O3S/c26-12-2-13-30-14-11-21(16-30)32-20-8-5-17(6-9-20)24-22-10-7-19(25-28-33-34(31)29-25)15-18(22)3-1-4-23(24)27/h5-10,15,21H,1-4,11-14,16H2,(H,28,29). The molecule has 2 atom stereocenters. The zero-order valence-corrected chi connectivity index (χ0v) is 19.6. The van der Waals surface area contributed by atoms with Crippen molar-refractivity contribution < 1.29 is 22.0 Å². The van der Waals surface area contributed by atoms with Gasteiger partial charge in [-0.15, -0.1) is 4.40 Å². The smallest absolute Gasteiger partial charge is 0.309 e. The summed E-state index contributed by atoms with van der Waals surface area (Å²) < 4.78 is 53.9. The summed E-state index contributed by atoms with van der Waals surface area (Å²) in [4.78, 5) is 2.23. The quantitative estimate of drug-likeness (QED) is 0.626. The fourth-order valence-electron chi connectivity index (χ4n) is 4.78. The molecule has 6 nitrogen and oxygen atoms in total. The van der Waals surface area contributed by atoms with E-state index in [1.807, 2.05) is 42.5 Å². The maximum Gasteiger partial charge on any atom is 0.309 e. The Morgan fingerprint density at radius 1 is 1.18 bits per heavy atom. The van der Waals surface area contributed by atoms with E-state index in [2.05, 4.69) is 14.8 Å². The van der Waals surface area contributed by atoms with Gasteiger partial charge in [-0.25, -0.2) is 14.1 Å². The van der Waals surface area contributed by atoms with Gasteiger partial charge in [0.05, 0.1) is 6.67 Å². The Hall–Kier alpha value is -2.62. The first-order valence-electron chi connectivity index (χ1n) is 11.6. The molecule has 0 bridgehead atoms. The molecule has 5 rings (SSSR count). The number of halogens is 2. The largest absolute Gasteiger partial charge is 0.489 e. The van der Waals surface area contributed by atoms with Crippen molar-refractivity contribution in [3.63, 3.8) is 0 Å². The van der Waals surface area contributed by atoms with Crippen LogP contribution in [0.15, 0.2) is 52.7 Å². The molecular weight excluding hydrogens is 460 g/mol. The summed E-state index contributed by atoms with van der Waals surface area (Å²) in [6, 6.07) is 13.3. The van der Waals surface area contributed by atoms with Gasteiger partial charge in [0.2, 0.25) is 0 Å². The second-order valence-electron chi connectivity index (χ2n) is 8.74. The van der Waals surface area contributed by atoms with Crippen LogP contribution in [0.25, 0.3) is 5.57 Å². The van der Waals surface area contributed by atoms with Gasteiger partial charge in [-0.2, -0.15) is 4.28 Å². The number of amidine groups is 1. The molecule has 2 unspecified atom stereocenters. The summed E-state index contributed by atoms with van der Waals surface area (Å²) in [5, 5.41) is 0. The van der Waals surface area contributed by atoms with Crippen LogP contribution in [0.2, 0.25) is 0 Å². The van der Waals surface area contributed by atoms with Gasteiger partial charge in [-0.3, -0.25) is 9.29 Å². The van der Waals surface area contributed by atoms with Crippen molar-refractivity contribution in [3.05, 3.63) is 70.5 Å². The van der Waals surface area contributed by atoms with E-state index in [4.69, 9.17) is 9.02 Å². The van der Waals surface area contributed by atoms with Crippen molar-refractivity contribution in [1.29, 1.82) is 0 Å². The van der Waals surface area contributed by atoms with Crippen LogP contribution in [0.5, 0.6) is 5.75 Å². The summed E-state index contributed by atoms with van der Waals surface area (Å²) in [5.74, 6) is 1.04. The molecule has 2 aromatic rings. The molecular formula is C25H27F2N3O3S. The number of hydroxylamine groups is 1. The summed E-state index contributed by atoms with van der Waals surface area (Å²) >= 11 is -1.73. The number of rotatable bonds is 7. The lowest BCUT2D eigenvalue weighted by atomic mass is 9.92. The van der Waals surface area contributed by atoms with Gasteiger partial charge < -0.3 is 4.74 Å². The van der Waals surface area contributed by atoms with Crippen molar-refractivity contribution in [3.8, 4) is 5.75 Å². The Bertz CT molecular complexity index is 1140. The van der Waals surface area contributed by atoms with Gasteiger partial charge >= 0.3 is 11.3 Å². The van der Waals surface area contributed by atoms with E-state index in [0.29, 0.717) is 30.7 Å². The van der Waals surface area contributed by atoms with Crippen LogP contribution in [0.3, 0.4) is 0 Å². The third-order valence-corrected chi connectivity index (χ3v) is 6.98. The van der Waals surface area contributed by atoms with Crippen molar-refractivity contribution in [1.82, 2.24) is 10.4 Å². The monoisotopic (exact) mass is 487 g/mol. The van der Waals surface area contributed by atoms with E-state index < -0.39 is 11.3 Å². The number of nitrogens with zero attached hydrogens (tertiary/aromatic N) is 2. The molecule has 1 fully saturated rings. The normalized spacial score (nSPS) is 22.8. The third-order valence-electron chi connectivity index (χ3n) is 6.42. The second-order valence-corrected chi connectivity index (χ2v) is 9.53. The minimum atomic E-state index is -1.73. The molecule has 0 aromatic heterocycles. The van der Waals surface area contributed by atoms with Crippen molar-refractivity contribution in [2.45, 2.75) is 38.2 Å². The topological polar surface area (TPSA) is 63.2 Å². The molecule has 2 aromatic carbocycles. The van der Waals surface area contributed by atoms with Crippen molar-refractivity contribution in [2.24, 2.45) is 4.40 Å². The maximum absolute atomic E-state index is 15.2. The highest BCUT2D eigenvalue weighted by Gasteiger charge is 2.24. The van der Waals surface area contributed by atoms with Crippen molar-refractivity contribution in [2.75, 3.05) is 26.3 Å². The zero-order chi connectivity index (χ0) is 23.5. The predicted octanol–water partition coefficient (Wildman–Crippen LogP) is 4.42. The SMILES string of the molecule is O=S1N=C(c2ccc3c(c2)CCCC(F)=C3c2ccc(OC3CCN(CCCF)C3)cc2)NO1. The van der Waals surface area contributed by atoms with Gasteiger partial charge in [0.1, 0.15) is 17.7 Å². The number of likely N-dealkylation sites (tertiary alicyclic amines) is 1. The fraction of sp³-hybridized carbons (Fsp3) is 0.400. The van der Waals surface area contributed by atoms with Crippen LogP contribution in [-0.4, -0.2) is 47.4 Å². The molecule has 34 heavy (non-hydrogen) atoms. The molecule has 0 radical (unpaired) electrons. The van der Waals surface area contributed by atoms with Gasteiger partial charge in [-0.05, 0) is 60.6 Å². The predicted molar refractivity (Wildman–Crippen MR) is 128 cm³/mol.